The Morgan fingerprint density at radius 3 is 2.71 bits per heavy atom. The largest absolute Gasteiger partial charge is 0.348 e. The van der Waals surface area contributed by atoms with Gasteiger partial charge >= 0.3 is 0 Å². The first-order valence-electron chi connectivity index (χ1n) is 5.59. The molecular formula is C12H14F2N2O. The van der Waals surface area contributed by atoms with Gasteiger partial charge in [0.25, 0.3) is 5.91 Å². The fourth-order valence-electron chi connectivity index (χ4n) is 2.09. The minimum Gasteiger partial charge on any atom is -0.348 e. The van der Waals surface area contributed by atoms with Crippen LogP contribution in [0.15, 0.2) is 18.2 Å². The fourth-order valence-corrected chi connectivity index (χ4v) is 2.09. The molecule has 1 aliphatic rings. The summed E-state index contributed by atoms with van der Waals surface area (Å²) in [5, 5.41) is 2.68. The third-order valence-corrected chi connectivity index (χ3v) is 3.06. The van der Waals surface area contributed by atoms with Crippen LogP contribution in [0.2, 0.25) is 0 Å². The topological polar surface area (TPSA) is 55.1 Å². The average molecular weight is 240 g/mol. The minimum atomic E-state index is -0.853. The summed E-state index contributed by atoms with van der Waals surface area (Å²) in [6.07, 6.45) is 2.62. The molecular weight excluding hydrogens is 226 g/mol. The van der Waals surface area contributed by atoms with Crippen LogP contribution >= 0.6 is 0 Å². The number of amides is 1. The second kappa shape index (κ2) is 4.79. The van der Waals surface area contributed by atoms with Gasteiger partial charge in [-0.15, -0.1) is 0 Å². The Balaban J connectivity index is 2.09. The van der Waals surface area contributed by atoms with E-state index >= 15 is 0 Å². The highest BCUT2D eigenvalue weighted by molar-refractivity contribution is 5.94. The molecule has 92 valence electrons. The minimum absolute atomic E-state index is 0.0811. The van der Waals surface area contributed by atoms with Gasteiger partial charge in [-0.05, 0) is 31.4 Å². The maximum absolute atomic E-state index is 13.3. The van der Waals surface area contributed by atoms with E-state index in [1.54, 1.807) is 0 Å². The summed E-state index contributed by atoms with van der Waals surface area (Å²) in [5.74, 6) is -2.09. The Morgan fingerprint density at radius 2 is 2.12 bits per heavy atom. The van der Waals surface area contributed by atoms with E-state index in [4.69, 9.17) is 5.73 Å². The summed E-state index contributed by atoms with van der Waals surface area (Å²) >= 11 is 0. The molecule has 2 rings (SSSR count). The predicted octanol–water partition coefficient (Wildman–Crippen LogP) is 1.57. The lowest BCUT2D eigenvalue weighted by atomic mass is 10.1. The molecule has 1 fully saturated rings. The molecule has 2 unspecified atom stereocenters. The third kappa shape index (κ3) is 2.61. The Labute approximate surface area is 98.0 Å². The Hall–Kier alpha value is -1.49. The number of nitrogens with one attached hydrogen (secondary N) is 1. The van der Waals surface area contributed by atoms with Gasteiger partial charge in [-0.2, -0.15) is 0 Å². The molecule has 0 aromatic heterocycles. The van der Waals surface area contributed by atoms with Crippen LogP contribution in [0.1, 0.15) is 29.6 Å². The van der Waals surface area contributed by atoms with E-state index < -0.39 is 17.5 Å². The molecule has 0 aliphatic heterocycles. The molecule has 0 spiro atoms. The van der Waals surface area contributed by atoms with E-state index in [2.05, 4.69) is 5.32 Å². The van der Waals surface area contributed by atoms with Crippen LogP contribution < -0.4 is 11.1 Å². The van der Waals surface area contributed by atoms with E-state index in [1.807, 2.05) is 0 Å². The molecule has 17 heavy (non-hydrogen) atoms. The van der Waals surface area contributed by atoms with Crippen molar-refractivity contribution in [2.45, 2.75) is 31.3 Å². The summed E-state index contributed by atoms with van der Waals surface area (Å²) in [6.45, 7) is 0. The molecule has 5 heteroatoms. The SMILES string of the molecule is NC1CCCC1NC(=O)c1ccc(F)cc1F. The maximum atomic E-state index is 13.3. The maximum Gasteiger partial charge on any atom is 0.254 e. The van der Waals surface area contributed by atoms with Crippen molar-refractivity contribution in [3.63, 3.8) is 0 Å². The van der Waals surface area contributed by atoms with Crippen molar-refractivity contribution in [2.75, 3.05) is 0 Å². The first-order valence-corrected chi connectivity index (χ1v) is 5.59. The summed E-state index contributed by atoms with van der Waals surface area (Å²) in [4.78, 5) is 11.7. The zero-order valence-electron chi connectivity index (χ0n) is 9.25. The molecule has 0 saturated heterocycles. The normalized spacial score (nSPS) is 23.7. The number of rotatable bonds is 2. The van der Waals surface area contributed by atoms with E-state index in [0.29, 0.717) is 6.07 Å². The van der Waals surface area contributed by atoms with Crippen molar-refractivity contribution in [1.29, 1.82) is 0 Å². The quantitative estimate of drug-likeness (QED) is 0.824. The molecule has 3 N–H and O–H groups in total. The number of benzene rings is 1. The van der Waals surface area contributed by atoms with Crippen LogP contribution in [-0.2, 0) is 0 Å². The van der Waals surface area contributed by atoms with Gasteiger partial charge in [-0.25, -0.2) is 8.78 Å². The summed E-state index contributed by atoms with van der Waals surface area (Å²) < 4.78 is 26.0. The van der Waals surface area contributed by atoms with Crippen molar-refractivity contribution in [3.8, 4) is 0 Å². The number of carbonyl (C=O) groups excluding carboxylic acids is 1. The number of hydrogen-bond acceptors (Lipinski definition) is 2. The molecule has 1 aromatic carbocycles. The van der Waals surface area contributed by atoms with Gasteiger partial charge in [0.2, 0.25) is 0 Å². The highest BCUT2D eigenvalue weighted by Crippen LogP contribution is 2.18. The molecule has 2 atom stereocenters. The first-order chi connectivity index (χ1) is 8.08. The van der Waals surface area contributed by atoms with Gasteiger partial charge in [0.1, 0.15) is 11.6 Å². The Bertz CT molecular complexity index is 437. The van der Waals surface area contributed by atoms with Crippen LogP contribution in [0.5, 0.6) is 0 Å². The van der Waals surface area contributed by atoms with Crippen LogP contribution in [0.4, 0.5) is 8.78 Å². The number of carbonyl (C=O) groups is 1. The molecule has 0 heterocycles. The zero-order chi connectivity index (χ0) is 12.4. The lowest BCUT2D eigenvalue weighted by molar-refractivity contribution is 0.0930. The smallest absolute Gasteiger partial charge is 0.254 e. The molecule has 1 amide bonds. The van der Waals surface area contributed by atoms with Crippen LogP contribution in [0.25, 0.3) is 0 Å². The zero-order valence-corrected chi connectivity index (χ0v) is 9.25. The predicted molar refractivity (Wildman–Crippen MR) is 59.4 cm³/mol. The van der Waals surface area contributed by atoms with Gasteiger partial charge < -0.3 is 11.1 Å². The van der Waals surface area contributed by atoms with Gasteiger partial charge in [-0.1, -0.05) is 0 Å². The van der Waals surface area contributed by atoms with Crippen molar-refractivity contribution in [2.24, 2.45) is 5.73 Å². The fraction of sp³-hybridized carbons (Fsp3) is 0.417. The van der Waals surface area contributed by atoms with E-state index in [0.717, 1.165) is 31.4 Å². The first kappa shape index (κ1) is 12.0. The Morgan fingerprint density at radius 1 is 1.35 bits per heavy atom. The molecule has 1 aliphatic carbocycles. The number of halogens is 2. The number of hydrogen-bond donors (Lipinski definition) is 2. The summed E-state index contributed by atoms with van der Waals surface area (Å²) in [7, 11) is 0. The highest BCUT2D eigenvalue weighted by atomic mass is 19.1. The molecule has 1 saturated carbocycles. The summed E-state index contributed by atoms with van der Waals surface area (Å²) in [6, 6.07) is 2.70. The molecule has 1 aromatic rings. The molecule has 3 nitrogen and oxygen atoms in total. The average Bonchev–Trinajstić information content (AvgIpc) is 2.64. The van der Waals surface area contributed by atoms with Gasteiger partial charge in [0.05, 0.1) is 5.56 Å². The van der Waals surface area contributed by atoms with Gasteiger partial charge in [0, 0.05) is 18.2 Å². The monoisotopic (exact) mass is 240 g/mol. The second-order valence-corrected chi connectivity index (χ2v) is 4.30. The lowest BCUT2D eigenvalue weighted by Gasteiger charge is -2.17. The van der Waals surface area contributed by atoms with Crippen molar-refractivity contribution >= 4 is 5.91 Å². The lowest BCUT2D eigenvalue weighted by Crippen LogP contribution is -2.44. The second-order valence-electron chi connectivity index (χ2n) is 4.30. The van der Waals surface area contributed by atoms with Crippen LogP contribution in [-0.4, -0.2) is 18.0 Å². The number of nitrogens with two attached hydrogens (primary N) is 1. The molecule has 0 bridgehead atoms. The van der Waals surface area contributed by atoms with Gasteiger partial charge in [-0.3, -0.25) is 4.79 Å². The van der Waals surface area contributed by atoms with Crippen LogP contribution in [0.3, 0.4) is 0 Å². The highest BCUT2D eigenvalue weighted by Gasteiger charge is 2.26. The van der Waals surface area contributed by atoms with Gasteiger partial charge in [0.15, 0.2) is 0 Å². The van der Waals surface area contributed by atoms with E-state index in [9.17, 15) is 13.6 Å². The molecule has 0 radical (unpaired) electrons. The van der Waals surface area contributed by atoms with Crippen molar-refractivity contribution in [1.82, 2.24) is 5.32 Å². The van der Waals surface area contributed by atoms with Crippen LogP contribution in [0, 0.1) is 11.6 Å². The standard InChI is InChI=1S/C12H14F2N2O/c13-7-4-5-8(9(14)6-7)12(17)16-11-3-1-2-10(11)15/h4-6,10-11H,1-3,15H2,(H,16,17). The van der Waals surface area contributed by atoms with Crippen molar-refractivity contribution in [3.05, 3.63) is 35.4 Å². The third-order valence-electron chi connectivity index (χ3n) is 3.06. The van der Waals surface area contributed by atoms with E-state index in [1.165, 1.54) is 0 Å². The summed E-state index contributed by atoms with van der Waals surface area (Å²) in [5.41, 5.74) is 5.65. The Kier molecular flexibility index (Phi) is 3.38. The van der Waals surface area contributed by atoms with E-state index in [-0.39, 0.29) is 17.6 Å². The van der Waals surface area contributed by atoms with Crippen molar-refractivity contribution < 1.29 is 13.6 Å².